The number of benzene rings is 1. The van der Waals surface area contributed by atoms with E-state index in [0.29, 0.717) is 21.6 Å². The largest absolute Gasteiger partial charge is 0.461 e. The second kappa shape index (κ2) is 8.86. The molecule has 0 aliphatic carbocycles. The molecular weight excluding hydrogens is 369 g/mol. The Morgan fingerprint density at radius 2 is 2.04 bits per heavy atom. The number of hydrogen-bond donors (Lipinski definition) is 1. The average Bonchev–Trinajstić information content (AvgIpc) is 2.92. The normalized spacial score (nSPS) is 10.3. The van der Waals surface area contributed by atoms with Crippen LogP contribution in [-0.4, -0.2) is 22.1 Å². The fourth-order valence-electron chi connectivity index (χ4n) is 2.78. The minimum absolute atomic E-state index is 0.227. The molecule has 1 aromatic carbocycles. The van der Waals surface area contributed by atoms with Crippen molar-refractivity contribution in [2.24, 2.45) is 7.05 Å². The predicted molar refractivity (Wildman–Crippen MR) is 107 cm³/mol. The number of nitrogens with one attached hydrogen (secondary N) is 1. The Labute approximate surface area is 163 Å². The van der Waals surface area contributed by atoms with Gasteiger partial charge in [-0.1, -0.05) is 31.5 Å². The van der Waals surface area contributed by atoms with Crippen molar-refractivity contribution in [2.75, 3.05) is 11.9 Å². The first kappa shape index (κ1) is 20.7. The summed E-state index contributed by atoms with van der Waals surface area (Å²) in [6, 6.07) is 4.82. The van der Waals surface area contributed by atoms with E-state index >= 15 is 0 Å². The number of hydrogen-bond acceptors (Lipinski definition) is 4. The van der Waals surface area contributed by atoms with Crippen LogP contribution in [0.15, 0.2) is 30.6 Å². The Morgan fingerprint density at radius 3 is 2.67 bits per heavy atom. The second-order valence-electron chi connectivity index (χ2n) is 5.63. The number of nitrogens with zero attached hydrogens (tertiary/aromatic N) is 2. The van der Waals surface area contributed by atoms with E-state index in [0.717, 1.165) is 5.56 Å². The number of carbonyl (C=O) groups is 1. The number of pyridine rings is 1. The molecule has 144 valence electrons. The Balaban J connectivity index is 0.00000126. The highest BCUT2D eigenvalue weighted by Gasteiger charge is 2.24. The number of carbonyl (C=O) groups excluding carboxylic acids is 1. The summed E-state index contributed by atoms with van der Waals surface area (Å²) < 4.78 is 21.1. The minimum Gasteiger partial charge on any atom is -0.461 e. The predicted octanol–water partition coefficient (Wildman–Crippen LogP) is 5.62. The van der Waals surface area contributed by atoms with E-state index in [-0.39, 0.29) is 18.0 Å². The smallest absolute Gasteiger partial charge is 0.357 e. The van der Waals surface area contributed by atoms with Gasteiger partial charge in [0.1, 0.15) is 5.82 Å². The van der Waals surface area contributed by atoms with Gasteiger partial charge in [-0.3, -0.25) is 4.98 Å². The van der Waals surface area contributed by atoms with Crippen LogP contribution in [0.3, 0.4) is 0 Å². The maximum absolute atomic E-state index is 14.3. The maximum atomic E-state index is 14.3. The molecule has 0 aliphatic heterocycles. The minimum atomic E-state index is -0.521. The molecule has 0 atom stereocenters. The topological polar surface area (TPSA) is 56.1 Å². The van der Waals surface area contributed by atoms with E-state index in [2.05, 4.69) is 10.3 Å². The lowest BCUT2D eigenvalue weighted by molar-refractivity contribution is 0.0517. The quantitative estimate of drug-likeness (QED) is 0.586. The Morgan fingerprint density at radius 1 is 1.33 bits per heavy atom. The molecule has 5 nitrogen and oxygen atoms in total. The summed E-state index contributed by atoms with van der Waals surface area (Å²) in [6.07, 6.45) is 3.08. The summed E-state index contributed by atoms with van der Waals surface area (Å²) in [6.45, 7) is 7.75. The van der Waals surface area contributed by atoms with Crippen LogP contribution in [0.25, 0.3) is 10.9 Å². The van der Waals surface area contributed by atoms with Gasteiger partial charge in [0, 0.05) is 24.8 Å². The number of rotatable bonds is 4. The molecule has 27 heavy (non-hydrogen) atoms. The highest BCUT2D eigenvalue weighted by Crippen LogP contribution is 2.36. The number of anilines is 2. The molecule has 0 bridgehead atoms. The van der Waals surface area contributed by atoms with E-state index in [9.17, 15) is 9.18 Å². The van der Waals surface area contributed by atoms with Crippen LogP contribution in [0.1, 0.15) is 36.8 Å². The van der Waals surface area contributed by atoms with Crippen LogP contribution in [0.4, 0.5) is 15.8 Å². The average molecular weight is 392 g/mol. The van der Waals surface area contributed by atoms with Crippen molar-refractivity contribution in [1.82, 2.24) is 9.55 Å². The molecule has 1 N–H and O–H groups in total. The van der Waals surface area contributed by atoms with Gasteiger partial charge in [0.25, 0.3) is 0 Å². The van der Waals surface area contributed by atoms with Gasteiger partial charge in [0.05, 0.1) is 28.5 Å². The van der Waals surface area contributed by atoms with Crippen LogP contribution in [0.2, 0.25) is 5.02 Å². The van der Waals surface area contributed by atoms with Crippen molar-refractivity contribution < 1.29 is 13.9 Å². The molecule has 2 heterocycles. The first-order valence-electron chi connectivity index (χ1n) is 8.76. The van der Waals surface area contributed by atoms with Gasteiger partial charge in [-0.2, -0.15) is 0 Å². The van der Waals surface area contributed by atoms with Crippen molar-refractivity contribution >= 4 is 39.8 Å². The van der Waals surface area contributed by atoms with Gasteiger partial charge in [-0.25, -0.2) is 9.18 Å². The molecule has 7 heteroatoms. The van der Waals surface area contributed by atoms with Crippen molar-refractivity contribution in [2.45, 2.75) is 27.7 Å². The van der Waals surface area contributed by atoms with E-state index in [1.165, 1.54) is 12.3 Å². The fourth-order valence-corrected chi connectivity index (χ4v) is 3.07. The fraction of sp³-hybridized carbons (Fsp3) is 0.300. The third-order valence-electron chi connectivity index (χ3n) is 3.90. The SMILES string of the molecule is CC.CCOC(=O)c1c(Nc2ccc(C)cc2F)c2cncc(Cl)c2n1C. The summed E-state index contributed by atoms with van der Waals surface area (Å²) in [7, 11) is 1.71. The van der Waals surface area contributed by atoms with Crippen LogP contribution in [-0.2, 0) is 11.8 Å². The molecule has 0 unspecified atom stereocenters. The van der Waals surface area contributed by atoms with Crippen LogP contribution in [0.5, 0.6) is 0 Å². The molecule has 3 aromatic rings. The lowest BCUT2D eigenvalue weighted by Gasteiger charge is -2.10. The number of fused-ring (bicyclic) bond motifs is 1. The molecule has 0 spiro atoms. The van der Waals surface area contributed by atoms with Gasteiger partial charge >= 0.3 is 5.97 Å². The number of esters is 1. The molecular formula is C20H23ClFN3O2. The summed E-state index contributed by atoms with van der Waals surface area (Å²) in [5, 5.41) is 4.00. The van der Waals surface area contributed by atoms with E-state index in [1.54, 1.807) is 43.8 Å². The van der Waals surface area contributed by atoms with Crippen LogP contribution >= 0.6 is 11.6 Å². The van der Waals surface area contributed by atoms with Crippen LogP contribution < -0.4 is 5.32 Å². The second-order valence-corrected chi connectivity index (χ2v) is 6.04. The number of halogens is 2. The maximum Gasteiger partial charge on any atom is 0.357 e. The van der Waals surface area contributed by atoms with Gasteiger partial charge < -0.3 is 14.6 Å². The number of ether oxygens (including phenoxy) is 1. The number of aromatic nitrogens is 2. The molecule has 0 aliphatic rings. The molecule has 0 radical (unpaired) electrons. The zero-order valence-corrected chi connectivity index (χ0v) is 16.8. The summed E-state index contributed by atoms with van der Waals surface area (Å²) >= 11 is 6.25. The highest BCUT2D eigenvalue weighted by molar-refractivity contribution is 6.35. The lowest BCUT2D eigenvalue weighted by atomic mass is 10.2. The lowest BCUT2D eigenvalue weighted by Crippen LogP contribution is -2.12. The molecule has 0 fully saturated rings. The van der Waals surface area contributed by atoms with E-state index < -0.39 is 11.8 Å². The van der Waals surface area contributed by atoms with Crippen LogP contribution in [0, 0.1) is 12.7 Å². The monoisotopic (exact) mass is 391 g/mol. The first-order chi connectivity index (χ1) is 12.9. The number of aryl methyl sites for hydroxylation is 2. The molecule has 0 amide bonds. The summed E-state index contributed by atoms with van der Waals surface area (Å²) in [5.74, 6) is -0.936. The van der Waals surface area contributed by atoms with Gasteiger partial charge in [-0.15, -0.1) is 0 Å². The molecule has 0 saturated heterocycles. The third kappa shape index (κ3) is 4.06. The zero-order chi connectivity index (χ0) is 20.1. The van der Waals surface area contributed by atoms with Gasteiger partial charge in [0.15, 0.2) is 5.69 Å². The van der Waals surface area contributed by atoms with Gasteiger partial charge in [-0.05, 0) is 31.5 Å². The van der Waals surface area contributed by atoms with Gasteiger partial charge in [0.2, 0.25) is 0 Å². The Bertz CT molecular complexity index is 970. The molecule has 3 rings (SSSR count). The zero-order valence-electron chi connectivity index (χ0n) is 16.1. The molecule has 2 aromatic heterocycles. The van der Waals surface area contributed by atoms with E-state index in [1.807, 2.05) is 13.8 Å². The highest BCUT2D eigenvalue weighted by atomic mass is 35.5. The molecule has 0 saturated carbocycles. The van der Waals surface area contributed by atoms with Crippen molar-refractivity contribution in [1.29, 1.82) is 0 Å². The van der Waals surface area contributed by atoms with Crippen molar-refractivity contribution in [3.05, 3.63) is 52.7 Å². The third-order valence-corrected chi connectivity index (χ3v) is 4.18. The Kier molecular flexibility index (Phi) is 6.80. The summed E-state index contributed by atoms with van der Waals surface area (Å²) in [5.41, 5.74) is 2.34. The van der Waals surface area contributed by atoms with Crippen molar-refractivity contribution in [3.63, 3.8) is 0 Å². The summed E-state index contributed by atoms with van der Waals surface area (Å²) in [4.78, 5) is 16.5. The Hall–Kier alpha value is -2.60. The van der Waals surface area contributed by atoms with E-state index in [4.69, 9.17) is 16.3 Å². The van der Waals surface area contributed by atoms with Crippen molar-refractivity contribution in [3.8, 4) is 0 Å². The first-order valence-corrected chi connectivity index (χ1v) is 9.14. The standard InChI is InChI=1S/C18H17ClFN3O2.C2H6/c1-4-25-18(24)17-15(22-14-6-5-10(2)7-13(14)20)11-8-21-9-12(19)16(11)23(17)3;1-2/h5-9,22H,4H2,1-3H3;1-2H3.